The van der Waals surface area contributed by atoms with E-state index in [-0.39, 0.29) is 10.8 Å². The number of methoxy groups -OCH3 is 1. The van der Waals surface area contributed by atoms with Gasteiger partial charge in [0.25, 0.3) is 0 Å². The summed E-state index contributed by atoms with van der Waals surface area (Å²) in [6.07, 6.45) is -4.65. The number of rotatable bonds is 2. The smallest absolute Gasteiger partial charge is 0.428 e. The summed E-state index contributed by atoms with van der Waals surface area (Å²) in [6, 6.07) is 4.62. The first-order valence-electron chi connectivity index (χ1n) is 6.25. The second-order valence-corrected chi connectivity index (χ2v) is 5.56. The van der Waals surface area contributed by atoms with Gasteiger partial charge in [0, 0.05) is 11.5 Å². The van der Waals surface area contributed by atoms with Crippen molar-refractivity contribution < 1.29 is 27.4 Å². The van der Waals surface area contributed by atoms with Crippen molar-refractivity contribution in [2.24, 2.45) is 5.92 Å². The third kappa shape index (κ3) is 2.35. The Bertz CT molecular complexity index is 573. The molecule has 1 fully saturated rings. The van der Waals surface area contributed by atoms with Gasteiger partial charge in [-0.05, 0) is 13.0 Å². The zero-order valence-corrected chi connectivity index (χ0v) is 12.4. The van der Waals surface area contributed by atoms with Gasteiger partial charge >= 0.3 is 12.1 Å². The molecule has 116 valence electrons. The number of carbonyl (C=O) groups is 1. The molecule has 3 nitrogen and oxygen atoms in total. The summed E-state index contributed by atoms with van der Waals surface area (Å²) >= 11 is 5.97. The van der Waals surface area contributed by atoms with Crippen molar-refractivity contribution in [2.45, 2.75) is 31.5 Å². The lowest BCUT2D eigenvalue weighted by molar-refractivity contribution is -0.262. The largest absolute Gasteiger partial charge is 0.495 e. The lowest BCUT2D eigenvalue weighted by Gasteiger charge is -2.30. The van der Waals surface area contributed by atoms with Crippen molar-refractivity contribution in [2.75, 3.05) is 7.11 Å². The highest BCUT2D eigenvalue weighted by Crippen LogP contribution is 2.52. The predicted molar refractivity (Wildman–Crippen MR) is 70.5 cm³/mol. The molecule has 1 aromatic rings. The maximum absolute atomic E-state index is 13.2. The van der Waals surface area contributed by atoms with Crippen molar-refractivity contribution in [3.05, 3.63) is 28.8 Å². The molecule has 0 unspecified atom stereocenters. The van der Waals surface area contributed by atoms with E-state index >= 15 is 0 Å². The van der Waals surface area contributed by atoms with Gasteiger partial charge in [0.1, 0.15) is 5.75 Å². The Morgan fingerprint density at radius 2 is 2.00 bits per heavy atom. The summed E-state index contributed by atoms with van der Waals surface area (Å²) in [4.78, 5) is 12.0. The van der Waals surface area contributed by atoms with E-state index in [2.05, 4.69) is 4.74 Å². The Morgan fingerprint density at radius 1 is 1.38 bits per heavy atom. The molecule has 0 aromatic heterocycles. The number of hydrogen-bond acceptors (Lipinski definition) is 3. The molecule has 2 rings (SSSR count). The number of cyclic esters (lactones) is 1. The van der Waals surface area contributed by atoms with Crippen LogP contribution in [0.2, 0.25) is 5.02 Å². The fourth-order valence-electron chi connectivity index (χ4n) is 2.59. The summed E-state index contributed by atoms with van der Waals surface area (Å²) < 4.78 is 49.3. The first-order chi connectivity index (χ1) is 9.63. The summed E-state index contributed by atoms with van der Waals surface area (Å²) in [6.45, 7) is 2.22. The standard InChI is InChI=1S/C14H14ClF3O3/c1-7-10(8-5-4-6-9(15)11(8)20-3)12(19)21-13(7,2)14(16,17)18/h4-7,10H,1-3H3/t7-,10-,13+/m0/s1. The Kier molecular flexibility index (Phi) is 3.86. The van der Waals surface area contributed by atoms with Crippen molar-refractivity contribution in [3.8, 4) is 5.75 Å². The van der Waals surface area contributed by atoms with Crippen LogP contribution in [0.25, 0.3) is 0 Å². The minimum Gasteiger partial charge on any atom is -0.495 e. The number of halogens is 4. The number of para-hydroxylation sites is 1. The molecule has 1 aliphatic rings. The number of alkyl halides is 3. The van der Waals surface area contributed by atoms with Crippen LogP contribution >= 0.6 is 11.6 Å². The maximum Gasteiger partial charge on any atom is 0.428 e. The van der Waals surface area contributed by atoms with Crippen LogP contribution < -0.4 is 4.74 Å². The minimum absolute atomic E-state index is 0.194. The fraction of sp³-hybridized carbons (Fsp3) is 0.500. The summed E-state index contributed by atoms with van der Waals surface area (Å²) in [5.74, 6) is -2.91. The van der Waals surface area contributed by atoms with Gasteiger partial charge in [-0.3, -0.25) is 4.79 Å². The number of hydrogen-bond donors (Lipinski definition) is 0. The third-order valence-electron chi connectivity index (χ3n) is 4.03. The van der Waals surface area contributed by atoms with E-state index in [1.165, 1.54) is 26.2 Å². The number of esters is 1. The summed E-state index contributed by atoms with van der Waals surface area (Å²) in [5, 5.41) is 0.232. The van der Waals surface area contributed by atoms with Crippen LogP contribution in [0.3, 0.4) is 0 Å². The van der Waals surface area contributed by atoms with Crippen LogP contribution in [-0.4, -0.2) is 24.9 Å². The predicted octanol–water partition coefficient (Wildman–Crippen LogP) is 3.95. The van der Waals surface area contributed by atoms with E-state index in [1.54, 1.807) is 6.07 Å². The Labute approximate surface area is 125 Å². The molecule has 7 heteroatoms. The van der Waals surface area contributed by atoms with Gasteiger partial charge in [0.2, 0.25) is 5.60 Å². The van der Waals surface area contributed by atoms with E-state index in [4.69, 9.17) is 16.3 Å². The zero-order valence-electron chi connectivity index (χ0n) is 11.6. The SMILES string of the molecule is COc1c(Cl)cccc1[C@H]1C(=O)O[C@@](C)(C(F)(F)F)[C@H]1C. The molecule has 3 atom stereocenters. The van der Waals surface area contributed by atoms with E-state index in [0.29, 0.717) is 5.56 Å². The molecule has 0 radical (unpaired) electrons. The molecule has 0 saturated carbocycles. The number of benzene rings is 1. The normalized spacial score (nSPS) is 29.4. The summed E-state index contributed by atoms with van der Waals surface area (Å²) in [5.41, 5.74) is -2.22. The first kappa shape index (κ1) is 15.9. The molecule has 1 aliphatic heterocycles. The van der Waals surface area contributed by atoms with E-state index in [9.17, 15) is 18.0 Å². The fourth-order valence-corrected chi connectivity index (χ4v) is 2.84. The van der Waals surface area contributed by atoms with Crippen LogP contribution in [-0.2, 0) is 9.53 Å². The average Bonchev–Trinajstić information content (AvgIpc) is 2.60. The molecule has 0 spiro atoms. The molecule has 0 aliphatic carbocycles. The van der Waals surface area contributed by atoms with Crippen molar-refractivity contribution in [1.82, 2.24) is 0 Å². The molecule has 1 aromatic carbocycles. The van der Waals surface area contributed by atoms with E-state index in [1.807, 2.05) is 0 Å². The topological polar surface area (TPSA) is 35.5 Å². The first-order valence-corrected chi connectivity index (χ1v) is 6.63. The lowest BCUT2D eigenvalue weighted by Crippen LogP contribution is -2.46. The van der Waals surface area contributed by atoms with Crippen LogP contribution in [0.1, 0.15) is 25.3 Å². The van der Waals surface area contributed by atoms with Gasteiger partial charge in [0.15, 0.2) is 0 Å². The Morgan fingerprint density at radius 3 is 2.48 bits per heavy atom. The second-order valence-electron chi connectivity index (χ2n) is 5.15. The number of carbonyl (C=O) groups excluding carboxylic acids is 1. The lowest BCUT2D eigenvalue weighted by atomic mass is 9.79. The summed E-state index contributed by atoms with van der Waals surface area (Å²) in [7, 11) is 1.35. The molecule has 0 bridgehead atoms. The van der Waals surface area contributed by atoms with Crippen molar-refractivity contribution >= 4 is 17.6 Å². The monoisotopic (exact) mass is 322 g/mol. The molecular formula is C14H14ClF3O3. The highest BCUT2D eigenvalue weighted by atomic mass is 35.5. The zero-order chi connectivity index (χ0) is 16.0. The van der Waals surface area contributed by atoms with Crippen LogP contribution in [0.5, 0.6) is 5.75 Å². The Balaban J connectivity index is 2.52. The molecule has 21 heavy (non-hydrogen) atoms. The van der Waals surface area contributed by atoms with Crippen LogP contribution in [0.4, 0.5) is 13.2 Å². The molecular weight excluding hydrogens is 309 g/mol. The van der Waals surface area contributed by atoms with Crippen molar-refractivity contribution in [3.63, 3.8) is 0 Å². The van der Waals surface area contributed by atoms with E-state index in [0.717, 1.165) is 6.92 Å². The molecule has 1 heterocycles. The molecule has 1 saturated heterocycles. The van der Waals surface area contributed by atoms with Gasteiger partial charge in [0.05, 0.1) is 18.1 Å². The average molecular weight is 323 g/mol. The quantitative estimate of drug-likeness (QED) is 0.774. The highest BCUT2D eigenvalue weighted by molar-refractivity contribution is 6.32. The van der Waals surface area contributed by atoms with Crippen LogP contribution in [0.15, 0.2) is 18.2 Å². The highest BCUT2D eigenvalue weighted by Gasteiger charge is 2.65. The number of ether oxygens (including phenoxy) is 2. The van der Waals surface area contributed by atoms with Crippen molar-refractivity contribution in [1.29, 1.82) is 0 Å². The maximum atomic E-state index is 13.2. The van der Waals surface area contributed by atoms with Gasteiger partial charge < -0.3 is 9.47 Å². The molecule has 0 N–H and O–H groups in total. The second kappa shape index (κ2) is 5.09. The minimum atomic E-state index is -4.65. The molecule has 0 amide bonds. The van der Waals surface area contributed by atoms with Gasteiger partial charge in [-0.2, -0.15) is 13.2 Å². The third-order valence-corrected chi connectivity index (χ3v) is 4.33. The van der Waals surface area contributed by atoms with Gasteiger partial charge in [-0.25, -0.2) is 0 Å². The Hall–Kier alpha value is -1.43. The van der Waals surface area contributed by atoms with E-state index < -0.39 is 29.6 Å². The van der Waals surface area contributed by atoms with Crippen LogP contribution in [0, 0.1) is 5.92 Å². The van der Waals surface area contributed by atoms with Gasteiger partial charge in [-0.15, -0.1) is 0 Å². The van der Waals surface area contributed by atoms with Gasteiger partial charge in [-0.1, -0.05) is 30.7 Å².